The van der Waals surface area contributed by atoms with Crippen LogP contribution in [0.1, 0.15) is 29.7 Å². The average molecular weight is 292 g/mol. The molecule has 2 aromatic carbocycles. The molecule has 3 heteroatoms. The maximum atomic E-state index is 13.2. The van der Waals surface area contributed by atoms with Gasteiger partial charge in [0.25, 0.3) is 0 Å². The summed E-state index contributed by atoms with van der Waals surface area (Å²) < 4.78 is 13.2. The van der Waals surface area contributed by atoms with Crippen LogP contribution in [0.2, 0.25) is 5.02 Å². The normalized spacial score (nSPS) is 12.4. The Hall–Kier alpha value is -1.38. The lowest BCUT2D eigenvalue weighted by Gasteiger charge is -2.17. The minimum absolute atomic E-state index is 0.126. The molecule has 0 aliphatic heterocycles. The molecule has 1 unspecified atom stereocenters. The van der Waals surface area contributed by atoms with Crippen LogP contribution in [0.25, 0.3) is 0 Å². The zero-order chi connectivity index (χ0) is 14.5. The minimum Gasteiger partial charge on any atom is -0.313 e. The summed E-state index contributed by atoms with van der Waals surface area (Å²) in [5.41, 5.74) is 3.58. The maximum absolute atomic E-state index is 13.2. The number of halogens is 2. The van der Waals surface area contributed by atoms with Gasteiger partial charge in [0, 0.05) is 6.04 Å². The predicted molar refractivity (Wildman–Crippen MR) is 82.7 cm³/mol. The molecule has 106 valence electrons. The van der Waals surface area contributed by atoms with E-state index in [1.165, 1.54) is 17.2 Å². The van der Waals surface area contributed by atoms with E-state index >= 15 is 0 Å². The van der Waals surface area contributed by atoms with Gasteiger partial charge < -0.3 is 5.32 Å². The Kier molecular flexibility index (Phi) is 5.16. The van der Waals surface area contributed by atoms with Crippen molar-refractivity contribution in [2.24, 2.45) is 0 Å². The van der Waals surface area contributed by atoms with E-state index in [1.54, 1.807) is 12.1 Å². The van der Waals surface area contributed by atoms with E-state index in [1.807, 2.05) is 7.05 Å². The first-order valence-corrected chi connectivity index (χ1v) is 7.22. The molecule has 1 N–H and O–H groups in total. The van der Waals surface area contributed by atoms with Crippen molar-refractivity contribution in [3.05, 3.63) is 70.0 Å². The molecular weight excluding hydrogens is 273 g/mol. The Morgan fingerprint density at radius 2 is 1.75 bits per heavy atom. The van der Waals surface area contributed by atoms with Crippen molar-refractivity contribution in [3.63, 3.8) is 0 Å². The van der Waals surface area contributed by atoms with Crippen molar-refractivity contribution in [1.29, 1.82) is 0 Å². The van der Waals surface area contributed by atoms with E-state index in [-0.39, 0.29) is 16.9 Å². The number of hydrogen-bond acceptors (Lipinski definition) is 1. The van der Waals surface area contributed by atoms with Crippen LogP contribution in [0.5, 0.6) is 0 Å². The van der Waals surface area contributed by atoms with Crippen LogP contribution in [0.3, 0.4) is 0 Å². The predicted octanol–water partition coefficient (Wildman–Crippen LogP) is 4.54. The first kappa shape index (κ1) is 15.0. The second-order valence-corrected chi connectivity index (χ2v) is 5.30. The van der Waals surface area contributed by atoms with Gasteiger partial charge in [-0.25, -0.2) is 4.39 Å². The zero-order valence-corrected chi connectivity index (χ0v) is 12.5. The maximum Gasteiger partial charge on any atom is 0.141 e. The third-order valence-corrected chi connectivity index (χ3v) is 3.86. The fourth-order valence-corrected chi connectivity index (χ4v) is 2.45. The summed E-state index contributed by atoms with van der Waals surface area (Å²) in [5, 5.41) is 3.43. The summed E-state index contributed by atoms with van der Waals surface area (Å²) in [5.74, 6) is -0.377. The molecule has 0 aliphatic carbocycles. The smallest absolute Gasteiger partial charge is 0.141 e. The number of benzene rings is 2. The van der Waals surface area contributed by atoms with Crippen LogP contribution >= 0.6 is 11.6 Å². The highest BCUT2D eigenvalue weighted by molar-refractivity contribution is 6.30. The highest BCUT2D eigenvalue weighted by atomic mass is 35.5. The van der Waals surface area contributed by atoms with Crippen LogP contribution in [-0.4, -0.2) is 7.05 Å². The van der Waals surface area contributed by atoms with Crippen LogP contribution < -0.4 is 5.32 Å². The molecule has 0 saturated heterocycles. The van der Waals surface area contributed by atoms with Gasteiger partial charge >= 0.3 is 0 Å². The van der Waals surface area contributed by atoms with Crippen molar-refractivity contribution in [2.75, 3.05) is 7.05 Å². The van der Waals surface area contributed by atoms with Gasteiger partial charge in [-0.3, -0.25) is 0 Å². The van der Waals surface area contributed by atoms with Crippen LogP contribution in [0, 0.1) is 5.82 Å². The Labute approximate surface area is 124 Å². The summed E-state index contributed by atoms with van der Waals surface area (Å²) in [4.78, 5) is 0. The number of likely N-dealkylation sites (N-methyl/N-ethyl adjacent to an activating group) is 1. The van der Waals surface area contributed by atoms with Gasteiger partial charge in [0.05, 0.1) is 5.02 Å². The van der Waals surface area contributed by atoms with Gasteiger partial charge in [-0.05, 0) is 48.7 Å². The first-order chi connectivity index (χ1) is 9.63. The minimum atomic E-state index is -0.377. The molecule has 2 rings (SSSR count). The molecular formula is C17H19ClFN. The van der Waals surface area contributed by atoms with Crippen LogP contribution in [0.15, 0.2) is 42.5 Å². The van der Waals surface area contributed by atoms with E-state index in [9.17, 15) is 4.39 Å². The lowest BCUT2D eigenvalue weighted by atomic mass is 9.98. The molecule has 0 fully saturated rings. The summed E-state index contributed by atoms with van der Waals surface area (Å²) in [6.07, 6.45) is 1.89. The fraction of sp³-hybridized carbons (Fsp3) is 0.294. The van der Waals surface area contributed by atoms with Crippen molar-refractivity contribution in [1.82, 2.24) is 5.32 Å². The van der Waals surface area contributed by atoms with Crippen molar-refractivity contribution < 1.29 is 4.39 Å². The molecule has 0 heterocycles. The quantitative estimate of drug-likeness (QED) is 0.852. The molecule has 0 aromatic heterocycles. The number of rotatable bonds is 5. The van der Waals surface area contributed by atoms with Gasteiger partial charge in [0.1, 0.15) is 5.82 Å². The molecule has 2 aromatic rings. The SMILES string of the molecule is CCc1ccc(CC(NC)c2ccc(F)c(Cl)c2)cc1. The average Bonchev–Trinajstić information content (AvgIpc) is 2.48. The lowest BCUT2D eigenvalue weighted by molar-refractivity contribution is 0.586. The summed E-state index contributed by atoms with van der Waals surface area (Å²) in [6, 6.07) is 13.6. The molecule has 1 nitrogen and oxygen atoms in total. The molecule has 0 bridgehead atoms. The first-order valence-electron chi connectivity index (χ1n) is 6.84. The van der Waals surface area contributed by atoms with Crippen molar-refractivity contribution in [3.8, 4) is 0 Å². The van der Waals surface area contributed by atoms with Crippen molar-refractivity contribution >= 4 is 11.6 Å². The van der Waals surface area contributed by atoms with E-state index in [4.69, 9.17) is 11.6 Å². The number of nitrogens with one attached hydrogen (secondary N) is 1. The Morgan fingerprint density at radius 3 is 2.30 bits per heavy atom. The zero-order valence-electron chi connectivity index (χ0n) is 11.8. The second-order valence-electron chi connectivity index (χ2n) is 4.89. The molecule has 0 amide bonds. The molecule has 20 heavy (non-hydrogen) atoms. The highest BCUT2D eigenvalue weighted by Crippen LogP contribution is 2.23. The molecule has 0 spiro atoms. The van der Waals surface area contributed by atoms with Gasteiger partial charge in [-0.2, -0.15) is 0 Å². The van der Waals surface area contributed by atoms with E-state index in [0.29, 0.717) is 0 Å². The lowest BCUT2D eigenvalue weighted by Crippen LogP contribution is -2.18. The Bertz CT molecular complexity index is 566. The topological polar surface area (TPSA) is 12.0 Å². The monoisotopic (exact) mass is 291 g/mol. The summed E-state index contributed by atoms with van der Waals surface area (Å²) in [6.45, 7) is 2.14. The third-order valence-electron chi connectivity index (χ3n) is 3.57. The number of hydrogen-bond donors (Lipinski definition) is 1. The Morgan fingerprint density at radius 1 is 1.10 bits per heavy atom. The van der Waals surface area contributed by atoms with Crippen LogP contribution in [-0.2, 0) is 12.8 Å². The summed E-state index contributed by atoms with van der Waals surface area (Å²) >= 11 is 5.85. The van der Waals surface area contributed by atoms with E-state index in [0.717, 1.165) is 18.4 Å². The van der Waals surface area contributed by atoms with Gasteiger partial charge in [0.15, 0.2) is 0 Å². The van der Waals surface area contributed by atoms with E-state index in [2.05, 4.69) is 36.5 Å². The standard InChI is InChI=1S/C17H19ClFN/c1-3-12-4-6-13(7-5-12)10-17(20-2)14-8-9-16(19)15(18)11-14/h4-9,11,17,20H,3,10H2,1-2H3. The molecule has 0 radical (unpaired) electrons. The molecule has 1 atom stereocenters. The van der Waals surface area contributed by atoms with E-state index < -0.39 is 0 Å². The highest BCUT2D eigenvalue weighted by Gasteiger charge is 2.12. The molecule has 0 aliphatic rings. The number of aryl methyl sites for hydroxylation is 1. The third kappa shape index (κ3) is 3.59. The fourth-order valence-electron chi connectivity index (χ4n) is 2.26. The summed E-state index contributed by atoms with van der Waals surface area (Å²) in [7, 11) is 1.91. The largest absolute Gasteiger partial charge is 0.313 e. The second kappa shape index (κ2) is 6.87. The van der Waals surface area contributed by atoms with Gasteiger partial charge in [-0.15, -0.1) is 0 Å². The van der Waals surface area contributed by atoms with Gasteiger partial charge in [-0.1, -0.05) is 48.9 Å². The van der Waals surface area contributed by atoms with Crippen LogP contribution in [0.4, 0.5) is 4.39 Å². The van der Waals surface area contributed by atoms with Gasteiger partial charge in [0.2, 0.25) is 0 Å². The molecule has 0 saturated carbocycles. The van der Waals surface area contributed by atoms with Crippen molar-refractivity contribution in [2.45, 2.75) is 25.8 Å². The Balaban J connectivity index is 2.16.